The minimum absolute atomic E-state index is 0.343. The lowest BCUT2D eigenvalue weighted by Crippen LogP contribution is -2.03. The van der Waals surface area contributed by atoms with E-state index in [-0.39, 0.29) is 0 Å². The zero-order chi connectivity index (χ0) is 10.3. The van der Waals surface area contributed by atoms with Crippen LogP contribution in [0.5, 0.6) is 0 Å². The van der Waals surface area contributed by atoms with Gasteiger partial charge in [0.1, 0.15) is 0 Å². The number of alkyl halides is 1. The van der Waals surface area contributed by atoms with Gasteiger partial charge in [0.15, 0.2) is 0 Å². The van der Waals surface area contributed by atoms with E-state index in [4.69, 9.17) is 11.6 Å². The second kappa shape index (κ2) is 6.43. The van der Waals surface area contributed by atoms with Crippen LogP contribution in [0.2, 0.25) is 0 Å². The van der Waals surface area contributed by atoms with Crippen molar-refractivity contribution in [2.75, 3.05) is 13.0 Å². The molecule has 0 aromatic heterocycles. The molecule has 0 aromatic carbocycles. The van der Waals surface area contributed by atoms with E-state index in [0.29, 0.717) is 11.5 Å². The Bertz CT molecular complexity index is 256. The smallest absolute Gasteiger partial charge is 0.339 e. The normalized spacial score (nSPS) is 12.5. The fourth-order valence-corrected chi connectivity index (χ4v) is 0.746. The summed E-state index contributed by atoms with van der Waals surface area (Å²) in [5.74, 6) is -0.0808. The number of carbonyl (C=O) groups is 1. The summed E-state index contributed by atoms with van der Waals surface area (Å²) >= 11 is 5.55. The first-order valence-corrected chi connectivity index (χ1v) is 4.16. The maximum Gasteiger partial charge on any atom is 0.339 e. The molecule has 0 rings (SSSR count). The number of aliphatic imine (C=N–C) groups is 1. The van der Waals surface area contributed by atoms with Gasteiger partial charge in [-0.2, -0.15) is 0 Å². The summed E-state index contributed by atoms with van der Waals surface area (Å²) in [5.41, 5.74) is 1.21. The highest BCUT2D eigenvalue weighted by molar-refractivity contribution is 6.19. The van der Waals surface area contributed by atoms with Gasteiger partial charge in [-0.3, -0.25) is 4.99 Å². The molecular weight excluding hydrogens is 190 g/mol. The number of methoxy groups -OCH3 is 1. The lowest BCUT2D eigenvalue weighted by molar-refractivity contribution is -0.135. The quantitative estimate of drug-likeness (QED) is 0.229. The van der Waals surface area contributed by atoms with Crippen LogP contribution < -0.4 is 0 Å². The Morgan fingerprint density at radius 3 is 2.69 bits per heavy atom. The topological polar surface area (TPSA) is 38.7 Å². The van der Waals surface area contributed by atoms with E-state index in [9.17, 15) is 4.79 Å². The largest absolute Gasteiger partial charge is 0.465 e. The van der Waals surface area contributed by atoms with Gasteiger partial charge in [0.2, 0.25) is 0 Å². The number of ether oxygens (including phenoxy) is 1. The molecule has 0 bridgehead atoms. The zero-order valence-electron chi connectivity index (χ0n) is 7.71. The minimum atomic E-state index is -0.447. The number of carbonyl (C=O) groups excluding carboxylic acids is 1. The molecule has 0 aromatic rings. The van der Waals surface area contributed by atoms with Crippen LogP contribution in [0, 0.1) is 0 Å². The molecule has 0 radical (unpaired) electrons. The summed E-state index contributed by atoms with van der Waals surface area (Å²) in [6, 6.07) is 0. The van der Waals surface area contributed by atoms with Crippen LogP contribution in [0.1, 0.15) is 6.92 Å². The standard InChI is InChI=1S/C9H12ClNO2/c1-7(5-10)4-8(6-11-2)9(12)13-3/h4,6H,2,5H2,1,3H3/b7-4+,8-6+. The second-order valence-corrected chi connectivity index (χ2v) is 2.65. The molecular formula is C9H12ClNO2. The zero-order valence-corrected chi connectivity index (χ0v) is 8.47. The Morgan fingerprint density at radius 2 is 2.31 bits per heavy atom. The number of hydrogen-bond acceptors (Lipinski definition) is 3. The van der Waals surface area contributed by atoms with Gasteiger partial charge in [-0.25, -0.2) is 4.79 Å². The molecule has 0 fully saturated rings. The lowest BCUT2D eigenvalue weighted by Gasteiger charge is -1.99. The highest BCUT2D eigenvalue weighted by Gasteiger charge is 2.05. The minimum Gasteiger partial charge on any atom is -0.465 e. The van der Waals surface area contributed by atoms with E-state index in [0.717, 1.165) is 5.57 Å². The van der Waals surface area contributed by atoms with Crippen molar-refractivity contribution in [3.63, 3.8) is 0 Å². The van der Waals surface area contributed by atoms with Gasteiger partial charge >= 0.3 is 5.97 Å². The first kappa shape index (κ1) is 11.9. The van der Waals surface area contributed by atoms with Crippen molar-refractivity contribution < 1.29 is 9.53 Å². The number of nitrogens with zero attached hydrogens (tertiary/aromatic N) is 1. The number of allylic oxidation sites excluding steroid dienone is 1. The van der Waals surface area contributed by atoms with E-state index >= 15 is 0 Å². The Hall–Kier alpha value is -1.09. The SMILES string of the molecule is C=N/C=C(\C=C(/C)CCl)C(=O)OC. The molecule has 4 heteroatoms. The van der Waals surface area contributed by atoms with Crippen LogP contribution in [0.25, 0.3) is 0 Å². The number of halogens is 1. The highest BCUT2D eigenvalue weighted by atomic mass is 35.5. The van der Waals surface area contributed by atoms with Crippen molar-refractivity contribution in [3.05, 3.63) is 23.4 Å². The third-order valence-electron chi connectivity index (χ3n) is 1.26. The Labute approximate surface area is 82.8 Å². The van der Waals surface area contributed by atoms with Gasteiger partial charge in [0.25, 0.3) is 0 Å². The predicted octanol–water partition coefficient (Wildman–Crippen LogP) is 1.93. The van der Waals surface area contributed by atoms with Gasteiger partial charge in [-0.1, -0.05) is 5.57 Å². The summed E-state index contributed by atoms with van der Waals surface area (Å²) in [5, 5.41) is 0. The van der Waals surface area contributed by atoms with Crippen LogP contribution in [0.15, 0.2) is 28.4 Å². The van der Waals surface area contributed by atoms with E-state index in [1.807, 2.05) is 6.92 Å². The molecule has 0 aliphatic heterocycles. The molecule has 0 unspecified atom stereocenters. The molecule has 0 saturated carbocycles. The molecule has 0 amide bonds. The maximum absolute atomic E-state index is 11.1. The van der Waals surface area contributed by atoms with Crippen molar-refractivity contribution in [1.82, 2.24) is 0 Å². The van der Waals surface area contributed by atoms with Gasteiger partial charge in [-0.05, 0) is 19.7 Å². The first-order chi connectivity index (χ1) is 6.15. The molecule has 0 aliphatic carbocycles. The van der Waals surface area contributed by atoms with Gasteiger partial charge in [-0.15, -0.1) is 11.6 Å². The van der Waals surface area contributed by atoms with Crippen LogP contribution in [0.4, 0.5) is 0 Å². The maximum atomic E-state index is 11.1. The third-order valence-corrected chi connectivity index (χ3v) is 1.69. The van der Waals surface area contributed by atoms with E-state index in [1.165, 1.54) is 13.3 Å². The van der Waals surface area contributed by atoms with E-state index in [1.54, 1.807) is 6.08 Å². The molecule has 0 spiro atoms. The van der Waals surface area contributed by atoms with Gasteiger partial charge in [0, 0.05) is 12.1 Å². The third kappa shape index (κ3) is 4.48. The molecule has 0 heterocycles. The number of rotatable bonds is 4. The summed E-state index contributed by atoms with van der Waals surface area (Å²) in [4.78, 5) is 14.6. The summed E-state index contributed by atoms with van der Waals surface area (Å²) < 4.78 is 4.53. The molecule has 3 nitrogen and oxygen atoms in total. The highest BCUT2D eigenvalue weighted by Crippen LogP contribution is 2.06. The Balaban J connectivity index is 4.73. The summed E-state index contributed by atoms with van der Waals surface area (Å²) in [6.45, 7) is 5.07. The monoisotopic (exact) mass is 201 g/mol. The fraction of sp³-hybridized carbons (Fsp3) is 0.333. The average Bonchev–Trinajstić information content (AvgIpc) is 2.15. The number of esters is 1. The van der Waals surface area contributed by atoms with Crippen molar-refractivity contribution >= 4 is 24.3 Å². The van der Waals surface area contributed by atoms with E-state index in [2.05, 4.69) is 16.4 Å². The predicted molar refractivity (Wildman–Crippen MR) is 54.1 cm³/mol. The molecule has 0 aliphatic rings. The summed E-state index contributed by atoms with van der Waals surface area (Å²) in [7, 11) is 1.31. The van der Waals surface area contributed by atoms with Gasteiger partial charge < -0.3 is 4.74 Å². The molecule has 72 valence electrons. The first-order valence-electron chi connectivity index (χ1n) is 3.63. The van der Waals surface area contributed by atoms with Crippen LogP contribution >= 0.6 is 11.6 Å². The van der Waals surface area contributed by atoms with Crippen LogP contribution in [-0.2, 0) is 9.53 Å². The van der Waals surface area contributed by atoms with Crippen molar-refractivity contribution in [2.24, 2.45) is 4.99 Å². The molecule has 0 saturated heterocycles. The fourth-order valence-electron chi connectivity index (χ4n) is 0.669. The Morgan fingerprint density at radius 1 is 1.69 bits per heavy atom. The molecule has 0 atom stereocenters. The van der Waals surface area contributed by atoms with Crippen molar-refractivity contribution in [1.29, 1.82) is 0 Å². The molecule has 13 heavy (non-hydrogen) atoms. The van der Waals surface area contributed by atoms with Crippen LogP contribution in [-0.4, -0.2) is 25.7 Å². The number of hydrogen-bond donors (Lipinski definition) is 0. The van der Waals surface area contributed by atoms with Gasteiger partial charge in [0.05, 0.1) is 12.7 Å². The van der Waals surface area contributed by atoms with Crippen molar-refractivity contribution in [3.8, 4) is 0 Å². The lowest BCUT2D eigenvalue weighted by atomic mass is 10.2. The van der Waals surface area contributed by atoms with Crippen LogP contribution in [0.3, 0.4) is 0 Å². The van der Waals surface area contributed by atoms with E-state index < -0.39 is 5.97 Å². The average molecular weight is 202 g/mol. The second-order valence-electron chi connectivity index (χ2n) is 2.38. The molecule has 0 N–H and O–H groups in total. The van der Waals surface area contributed by atoms with Crippen molar-refractivity contribution in [2.45, 2.75) is 6.92 Å². The Kier molecular flexibility index (Phi) is 5.89. The summed E-state index contributed by atoms with van der Waals surface area (Å²) in [6.07, 6.45) is 2.95.